The van der Waals surface area contributed by atoms with Crippen molar-refractivity contribution >= 4 is 22.4 Å². The molecule has 1 aliphatic carbocycles. The van der Waals surface area contributed by atoms with Gasteiger partial charge in [-0.1, -0.05) is 24.3 Å². The van der Waals surface area contributed by atoms with Gasteiger partial charge in [-0.15, -0.1) is 6.58 Å². The Morgan fingerprint density at radius 1 is 1.48 bits per heavy atom. The van der Waals surface area contributed by atoms with Gasteiger partial charge in [0.1, 0.15) is 0 Å². The number of hydrogen-bond acceptors (Lipinski definition) is 2. The lowest BCUT2D eigenvalue weighted by molar-refractivity contribution is -0.140. The molecule has 1 aromatic carbocycles. The van der Waals surface area contributed by atoms with E-state index in [9.17, 15) is 9.90 Å². The molecule has 0 bridgehead atoms. The molecule has 4 heteroatoms. The van der Waals surface area contributed by atoms with Gasteiger partial charge in [-0.25, -0.2) is 0 Å². The van der Waals surface area contributed by atoms with Gasteiger partial charge in [0.25, 0.3) is 0 Å². The van der Waals surface area contributed by atoms with Crippen LogP contribution in [0.2, 0.25) is 0 Å². The van der Waals surface area contributed by atoms with Crippen molar-refractivity contribution in [3.63, 3.8) is 0 Å². The summed E-state index contributed by atoms with van der Waals surface area (Å²) in [5.41, 5.74) is 4.91. The molecule has 1 aromatic heterocycles. The van der Waals surface area contributed by atoms with Crippen LogP contribution < -0.4 is 0 Å². The molecule has 4 nitrogen and oxygen atoms in total. The van der Waals surface area contributed by atoms with E-state index in [1.54, 1.807) is 0 Å². The molecule has 0 spiro atoms. The molecular weight excluding hydrogens is 288 g/mol. The molecule has 2 heterocycles. The van der Waals surface area contributed by atoms with Gasteiger partial charge in [0.05, 0.1) is 5.92 Å². The molecular formula is C19H20N2O2. The van der Waals surface area contributed by atoms with Crippen LogP contribution in [0.3, 0.4) is 0 Å². The Kier molecular flexibility index (Phi) is 3.16. The fourth-order valence-corrected chi connectivity index (χ4v) is 4.07. The maximum atomic E-state index is 11.5. The van der Waals surface area contributed by atoms with E-state index in [0.717, 1.165) is 13.0 Å². The maximum absolute atomic E-state index is 11.5. The number of carboxylic acid groups (broad SMARTS) is 1. The van der Waals surface area contributed by atoms with Crippen LogP contribution in [0.15, 0.2) is 43.1 Å². The summed E-state index contributed by atoms with van der Waals surface area (Å²) in [6.45, 7) is 5.20. The Balaban J connectivity index is 1.94. The van der Waals surface area contributed by atoms with E-state index >= 15 is 0 Å². The van der Waals surface area contributed by atoms with Crippen LogP contribution in [0, 0.1) is 5.92 Å². The molecule has 118 valence electrons. The first-order chi connectivity index (χ1) is 11.1. The lowest BCUT2D eigenvalue weighted by atomic mass is 9.80. The van der Waals surface area contributed by atoms with Crippen molar-refractivity contribution in [2.24, 2.45) is 5.92 Å². The summed E-state index contributed by atoms with van der Waals surface area (Å²) in [6, 6.07) is 6.59. The topological polar surface area (TPSA) is 45.5 Å². The Labute approximate surface area is 135 Å². The Morgan fingerprint density at radius 2 is 2.30 bits per heavy atom. The standard InChI is InChI=1S/C19H20N2O2/c1-3-7-21-11-12-9-17-15(8-13(19(22)23)10-20(17)2)14-5-4-6-16(21)18(12)14/h3-6,8,11,13,17H,1,7,9-10H2,2H3,(H,22,23)/t13-,17-/m1/s1. The molecule has 0 unspecified atom stereocenters. The van der Waals surface area contributed by atoms with Crippen molar-refractivity contribution in [2.45, 2.75) is 19.0 Å². The molecule has 2 aliphatic rings. The molecule has 4 rings (SSSR count). The fraction of sp³-hybridized carbons (Fsp3) is 0.316. The van der Waals surface area contributed by atoms with Crippen LogP contribution in [0.4, 0.5) is 0 Å². The number of benzene rings is 1. The lowest BCUT2D eigenvalue weighted by Crippen LogP contribution is -2.44. The number of rotatable bonds is 3. The van der Waals surface area contributed by atoms with Crippen LogP contribution in [0.1, 0.15) is 11.1 Å². The number of fused-ring (bicyclic) bond motifs is 2. The van der Waals surface area contributed by atoms with Crippen LogP contribution in [-0.2, 0) is 17.8 Å². The molecule has 0 fully saturated rings. The minimum atomic E-state index is -0.745. The van der Waals surface area contributed by atoms with Crippen molar-refractivity contribution in [1.29, 1.82) is 0 Å². The van der Waals surface area contributed by atoms with E-state index in [0.29, 0.717) is 6.54 Å². The highest BCUT2D eigenvalue weighted by atomic mass is 16.4. The van der Waals surface area contributed by atoms with Crippen molar-refractivity contribution in [3.05, 3.63) is 54.3 Å². The number of carbonyl (C=O) groups is 1. The van der Waals surface area contributed by atoms with Crippen LogP contribution in [0.5, 0.6) is 0 Å². The summed E-state index contributed by atoms with van der Waals surface area (Å²) in [5, 5.41) is 10.7. The highest BCUT2D eigenvalue weighted by molar-refractivity contribution is 5.99. The predicted octanol–water partition coefficient (Wildman–Crippen LogP) is 2.78. The SMILES string of the molecule is C=CCn1cc2c3c(cccc31)C1=C[C@@H](C(=O)O)CN(C)[C@@H]1C2. The van der Waals surface area contributed by atoms with Gasteiger partial charge in [-0.3, -0.25) is 9.69 Å². The smallest absolute Gasteiger partial charge is 0.311 e. The monoisotopic (exact) mass is 308 g/mol. The number of nitrogens with zero attached hydrogens (tertiary/aromatic N) is 2. The van der Waals surface area contributed by atoms with E-state index in [2.05, 4.69) is 40.4 Å². The number of hydrogen-bond donors (Lipinski definition) is 1. The second-order valence-corrected chi connectivity index (χ2v) is 6.52. The van der Waals surface area contributed by atoms with Gasteiger partial charge in [0.2, 0.25) is 0 Å². The molecule has 0 saturated carbocycles. The van der Waals surface area contributed by atoms with E-state index in [4.69, 9.17) is 0 Å². The zero-order chi connectivity index (χ0) is 16.1. The Bertz CT molecular complexity index is 846. The first kappa shape index (κ1) is 14.3. The average molecular weight is 308 g/mol. The number of allylic oxidation sites excluding steroid dienone is 1. The van der Waals surface area contributed by atoms with Crippen LogP contribution >= 0.6 is 0 Å². The molecule has 1 N–H and O–H groups in total. The normalized spacial score (nSPS) is 23.4. The average Bonchev–Trinajstić information content (AvgIpc) is 2.88. The Hall–Kier alpha value is -2.33. The van der Waals surface area contributed by atoms with Gasteiger partial charge in [0, 0.05) is 36.2 Å². The lowest BCUT2D eigenvalue weighted by Gasteiger charge is -2.38. The van der Waals surface area contributed by atoms with Gasteiger partial charge < -0.3 is 9.67 Å². The maximum Gasteiger partial charge on any atom is 0.311 e. The van der Waals surface area contributed by atoms with Crippen molar-refractivity contribution in [2.75, 3.05) is 13.6 Å². The second kappa shape index (κ2) is 5.10. The van der Waals surface area contributed by atoms with Crippen molar-refractivity contribution in [3.8, 4) is 0 Å². The van der Waals surface area contributed by atoms with Crippen molar-refractivity contribution < 1.29 is 9.90 Å². The molecule has 0 saturated heterocycles. The summed E-state index contributed by atoms with van der Waals surface area (Å²) in [7, 11) is 2.03. The summed E-state index contributed by atoms with van der Waals surface area (Å²) in [4.78, 5) is 13.6. The summed E-state index contributed by atoms with van der Waals surface area (Å²) in [5.74, 6) is -1.18. The number of aliphatic carboxylic acids is 1. The summed E-state index contributed by atoms with van der Waals surface area (Å²) >= 11 is 0. The zero-order valence-electron chi connectivity index (χ0n) is 13.2. The third-order valence-corrected chi connectivity index (χ3v) is 5.11. The van der Waals surface area contributed by atoms with Crippen LogP contribution in [0.25, 0.3) is 16.5 Å². The number of carboxylic acids is 1. The zero-order valence-corrected chi connectivity index (χ0v) is 13.2. The third kappa shape index (κ3) is 2.05. The quantitative estimate of drug-likeness (QED) is 0.887. The first-order valence-electron chi connectivity index (χ1n) is 7.97. The van der Waals surface area contributed by atoms with Gasteiger partial charge in [-0.05, 0) is 36.2 Å². The Morgan fingerprint density at radius 3 is 3.04 bits per heavy atom. The number of likely N-dealkylation sites (N-methyl/N-ethyl adjacent to an activating group) is 1. The minimum absolute atomic E-state index is 0.267. The van der Waals surface area contributed by atoms with E-state index in [1.807, 2.05) is 19.2 Å². The summed E-state index contributed by atoms with van der Waals surface area (Å²) in [6.07, 6.45) is 7.04. The first-order valence-corrected chi connectivity index (χ1v) is 7.97. The third-order valence-electron chi connectivity index (χ3n) is 5.11. The predicted molar refractivity (Wildman–Crippen MR) is 91.4 cm³/mol. The number of aromatic nitrogens is 1. The highest BCUT2D eigenvalue weighted by Gasteiger charge is 2.35. The minimum Gasteiger partial charge on any atom is -0.481 e. The van der Waals surface area contributed by atoms with Gasteiger partial charge >= 0.3 is 5.97 Å². The van der Waals surface area contributed by atoms with E-state index < -0.39 is 11.9 Å². The van der Waals surface area contributed by atoms with E-state index in [1.165, 1.54) is 27.6 Å². The highest BCUT2D eigenvalue weighted by Crippen LogP contribution is 2.41. The molecule has 2 atom stereocenters. The summed E-state index contributed by atoms with van der Waals surface area (Å²) < 4.78 is 2.23. The molecule has 1 aliphatic heterocycles. The largest absolute Gasteiger partial charge is 0.481 e. The fourth-order valence-electron chi connectivity index (χ4n) is 4.07. The van der Waals surface area contributed by atoms with Gasteiger partial charge in [0.15, 0.2) is 0 Å². The molecule has 0 amide bonds. The molecule has 2 aromatic rings. The van der Waals surface area contributed by atoms with Gasteiger partial charge in [-0.2, -0.15) is 0 Å². The van der Waals surface area contributed by atoms with E-state index in [-0.39, 0.29) is 6.04 Å². The molecule has 0 radical (unpaired) electrons. The second-order valence-electron chi connectivity index (χ2n) is 6.52. The van der Waals surface area contributed by atoms with Crippen LogP contribution in [-0.4, -0.2) is 40.2 Å². The molecule has 23 heavy (non-hydrogen) atoms. The van der Waals surface area contributed by atoms with Crippen molar-refractivity contribution in [1.82, 2.24) is 9.47 Å².